The van der Waals surface area contributed by atoms with Crippen molar-refractivity contribution in [1.82, 2.24) is 0 Å². The van der Waals surface area contributed by atoms with Gasteiger partial charge in [0, 0.05) is 15.6 Å². The van der Waals surface area contributed by atoms with Gasteiger partial charge in [-0.25, -0.2) is 4.90 Å². The summed E-state index contributed by atoms with van der Waals surface area (Å²) in [6.45, 7) is 0. The molecule has 0 aromatic heterocycles. The second-order valence-corrected chi connectivity index (χ2v) is 5.37. The van der Waals surface area contributed by atoms with Gasteiger partial charge in [0.25, 0.3) is 5.91 Å². The molecule has 0 atom stereocenters. The summed E-state index contributed by atoms with van der Waals surface area (Å²) in [4.78, 5) is 25.8. The van der Waals surface area contributed by atoms with Gasteiger partial charge in [-0.1, -0.05) is 41.4 Å². The van der Waals surface area contributed by atoms with Crippen molar-refractivity contribution in [2.45, 2.75) is 6.42 Å². The lowest BCUT2D eigenvalue weighted by atomic mass is 9.98. The highest BCUT2D eigenvalue weighted by Gasteiger charge is 2.32. The van der Waals surface area contributed by atoms with Crippen molar-refractivity contribution in [3.05, 3.63) is 63.6 Å². The molecule has 0 unspecified atom stereocenters. The number of fused-ring (bicyclic) bond motifs is 1. The summed E-state index contributed by atoms with van der Waals surface area (Å²) in [5.41, 5.74) is 1.67. The van der Waals surface area contributed by atoms with Gasteiger partial charge in [-0.15, -0.1) is 0 Å². The van der Waals surface area contributed by atoms with Crippen molar-refractivity contribution in [2.24, 2.45) is 0 Å². The monoisotopic (exact) mass is 305 g/mol. The molecule has 0 radical (unpaired) electrons. The van der Waals surface area contributed by atoms with Crippen molar-refractivity contribution in [3.63, 3.8) is 0 Å². The maximum atomic E-state index is 12.5. The number of nitrogens with zero attached hydrogens (tertiary/aromatic N) is 1. The van der Waals surface area contributed by atoms with Crippen LogP contribution in [0.1, 0.15) is 15.9 Å². The first-order valence-electron chi connectivity index (χ1n) is 5.97. The van der Waals surface area contributed by atoms with Gasteiger partial charge in [0.15, 0.2) is 0 Å². The van der Waals surface area contributed by atoms with Gasteiger partial charge in [0.1, 0.15) is 0 Å². The Morgan fingerprint density at radius 1 is 0.950 bits per heavy atom. The minimum Gasteiger partial charge on any atom is -0.274 e. The highest BCUT2D eigenvalue weighted by Crippen LogP contribution is 2.30. The van der Waals surface area contributed by atoms with E-state index in [4.69, 9.17) is 23.2 Å². The standard InChI is InChI=1S/C15H9Cl2NO2/c16-10-6-11(17)8-12(7-10)18-14(19)5-9-3-1-2-4-13(9)15(18)20/h1-4,6-8H,5H2. The minimum absolute atomic E-state index is 0.187. The SMILES string of the molecule is O=C1Cc2ccccc2C(=O)N1c1cc(Cl)cc(Cl)c1. The van der Waals surface area contributed by atoms with Crippen molar-refractivity contribution in [1.29, 1.82) is 0 Å². The van der Waals surface area contributed by atoms with Crippen LogP contribution in [0.15, 0.2) is 42.5 Å². The number of rotatable bonds is 1. The van der Waals surface area contributed by atoms with Crippen molar-refractivity contribution < 1.29 is 9.59 Å². The molecule has 2 aromatic rings. The summed E-state index contributed by atoms with van der Waals surface area (Å²) in [5, 5.41) is 0.763. The van der Waals surface area contributed by atoms with Crippen LogP contribution in [0.3, 0.4) is 0 Å². The van der Waals surface area contributed by atoms with Crippen LogP contribution in [0.25, 0.3) is 0 Å². The zero-order valence-corrected chi connectivity index (χ0v) is 11.8. The number of hydrogen-bond acceptors (Lipinski definition) is 2. The third kappa shape index (κ3) is 2.19. The highest BCUT2D eigenvalue weighted by molar-refractivity contribution is 6.35. The maximum Gasteiger partial charge on any atom is 0.265 e. The molecule has 0 saturated heterocycles. The Bertz CT molecular complexity index is 707. The molecule has 5 heteroatoms. The number of carbonyl (C=O) groups is 2. The number of imide groups is 1. The number of benzene rings is 2. The van der Waals surface area contributed by atoms with Crippen molar-refractivity contribution in [2.75, 3.05) is 4.90 Å². The van der Waals surface area contributed by atoms with Crippen LogP contribution in [0.4, 0.5) is 5.69 Å². The normalized spacial score (nSPS) is 14.4. The predicted octanol–water partition coefficient (Wildman–Crippen LogP) is 3.72. The Morgan fingerprint density at radius 3 is 2.30 bits per heavy atom. The van der Waals surface area contributed by atoms with E-state index in [0.29, 0.717) is 21.3 Å². The quantitative estimate of drug-likeness (QED) is 0.753. The minimum atomic E-state index is -0.352. The van der Waals surface area contributed by atoms with Gasteiger partial charge in [-0.2, -0.15) is 0 Å². The van der Waals surface area contributed by atoms with E-state index < -0.39 is 0 Å². The number of carbonyl (C=O) groups excluding carboxylic acids is 2. The first-order chi connectivity index (χ1) is 9.56. The molecule has 0 aliphatic carbocycles. The van der Waals surface area contributed by atoms with E-state index >= 15 is 0 Å². The van der Waals surface area contributed by atoms with Crippen LogP contribution in [0, 0.1) is 0 Å². The number of halogens is 2. The largest absolute Gasteiger partial charge is 0.274 e. The Hall–Kier alpha value is -1.84. The Balaban J connectivity index is 2.11. The molecular formula is C15H9Cl2NO2. The molecule has 0 N–H and O–H groups in total. The molecule has 1 aliphatic rings. The van der Waals surface area contributed by atoms with E-state index in [1.165, 1.54) is 0 Å². The first-order valence-corrected chi connectivity index (χ1v) is 6.73. The lowest BCUT2D eigenvalue weighted by molar-refractivity contribution is -0.117. The maximum absolute atomic E-state index is 12.5. The Morgan fingerprint density at radius 2 is 1.60 bits per heavy atom. The molecule has 0 fully saturated rings. The molecule has 20 heavy (non-hydrogen) atoms. The summed E-state index contributed by atoms with van der Waals surface area (Å²) in [5.74, 6) is -0.637. The van der Waals surface area contributed by atoms with E-state index in [-0.39, 0.29) is 18.2 Å². The van der Waals surface area contributed by atoms with E-state index in [2.05, 4.69) is 0 Å². The van der Waals surface area contributed by atoms with Crippen LogP contribution in [0.5, 0.6) is 0 Å². The van der Waals surface area contributed by atoms with Crippen LogP contribution < -0.4 is 4.90 Å². The van der Waals surface area contributed by atoms with E-state index in [1.807, 2.05) is 6.07 Å². The van der Waals surface area contributed by atoms with Crippen LogP contribution in [0.2, 0.25) is 10.0 Å². The molecule has 3 rings (SSSR count). The van der Waals surface area contributed by atoms with Crippen molar-refractivity contribution >= 4 is 40.7 Å². The Kier molecular flexibility index (Phi) is 3.24. The molecule has 0 spiro atoms. The zero-order chi connectivity index (χ0) is 14.3. The smallest absolute Gasteiger partial charge is 0.265 e. The van der Waals surface area contributed by atoms with E-state index in [1.54, 1.807) is 36.4 Å². The van der Waals surface area contributed by atoms with Gasteiger partial charge in [-0.05, 0) is 29.8 Å². The molecule has 0 bridgehead atoms. The highest BCUT2D eigenvalue weighted by atomic mass is 35.5. The average Bonchev–Trinajstić information content (AvgIpc) is 2.37. The first kappa shape index (κ1) is 13.2. The topological polar surface area (TPSA) is 37.4 Å². The molecule has 100 valence electrons. The second kappa shape index (κ2) is 4.93. The van der Waals surface area contributed by atoms with Crippen LogP contribution in [-0.4, -0.2) is 11.8 Å². The fourth-order valence-electron chi connectivity index (χ4n) is 2.29. The van der Waals surface area contributed by atoms with Crippen LogP contribution in [-0.2, 0) is 11.2 Å². The summed E-state index contributed by atoms with van der Waals surface area (Å²) in [6.07, 6.45) is 0.187. The predicted molar refractivity (Wildman–Crippen MR) is 78.4 cm³/mol. The van der Waals surface area contributed by atoms with E-state index in [0.717, 1.165) is 10.5 Å². The molecule has 3 nitrogen and oxygen atoms in total. The molecule has 0 saturated carbocycles. The molecular weight excluding hydrogens is 297 g/mol. The third-order valence-corrected chi connectivity index (χ3v) is 3.58. The van der Waals surface area contributed by atoms with Crippen LogP contribution >= 0.6 is 23.2 Å². The lowest BCUT2D eigenvalue weighted by Gasteiger charge is -2.27. The lowest BCUT2D eigenvalue weighted by Crippen LogP contribution is -2.42. The average molecular weight is 306 g/mol. The van der Waals surface area contributed by atoms with Gasteiger partial charge in [-0.3, -0.25) is 9.59 Å². The second-order valence-electron chi connectivity index (χ2n) is 4.50. The summed E-state index contributed by atoms with van der Waals surface area (Å²) >= 11 is 11.9. The summed E-state index contributed by atoms with van der Waals surface area (Å²) in [7, 11) is 0. The fraction of sp³-hybridized carbons (Fsp3) is 0.0667. The summed E-state index contributed by atoms with van der Waals surface area (Å²) < 4.78 is 0. The van der Waals surface area contributed by atoms with Gasteiger partial charge >= 0.3 is 0 Å². The molecule has 1 aliphatic heterocycles. The number of amides is 2. The fourth-order valence-corrected chi connectivity index (χ4v) is 2.80. The zero-order valence-electron chi connectivity index (χ0n) is 10.3. The number of anilines is 1. The van der Waals surface area contributed by atoms with E-state index in [9.17, 15) is 9.59 Å². The van der Waals surface area contributed by atoms with Gasteiger partial charge in [0.05, 0.1) is 12.1 Å². The van der Waals surface area contributed by atoms with Gasteiger partial charge < -0.3 is 0 Å². The molecule has 1 heterocycles. The molecule has 2 aromatic carbocycles. The molecule has 2 amide bonds. The van der Waals surface area contributed by atoms with Gasteiger partial charge in [0.2, 0.25) is 5.91 Å². The third-order valence-electron chi connectivity index (χ3n) is 3.15. The van der Waals surface area contributed by atoms with Crippen molar-refractivity contribution in [3.8, 4) is 0 Å². The summed E-state index contributed by atoms with van der Waals surface area (Å²) in [6, 6.07) is 11.7. The Labute approximate surface area is 125 Å². The number of hydrogen-bond donors (Lipinski definition) is 0.